The van der Waals surface area contributed by atoms with Gasteiger partial charge in [0.1, 0.15) is 5.75 Å². The van der Waals surface area contributed by atoms with Crippen LogP contribution in [0.5, 0.6) is 5.75 Å². The third-order valence-electron chi connectivity index (χ3n) is 2.61. The molecule has 5 heteroatoms. The van der Waals surface area contributed by atoms with E-state index in [9.17, 15) is 4.79 Å². The number of carbonyl (C=O) groups is 1. The van der Waals surface area contributed by atoms with Crippen LogP contribution in [-0.4, -0.2) is 38.1 Å². The van der Waals surface area contributed by atoms with Crippen molar-refractivity contribution >= 4 is 23.4 Å². The summed E-state index contributed by atoms with van der Waals surface area (Å²) in [5.41, 5.74) is 0.703. The Balaban J connectivity index is 2.35. The van der Waals surface area contributed by atoms with Gasteiger partial charge in [0.05, 0.1) is 19.3 Å². The summed E-state index contributed by atoms with van der Waals surface area (Å²) in [6.45, 7) is 3.33. The number of methoxy groups -OCH3 is 1. The third-order valence-corrected chi connectivity index (χ3v) is 3.51. The second-order valence-electron chi connectivity index (χ2n) is 4.44. The Hall–Kier alpha value is -1.20. The number of amides is 1. The highest BCUT2D eigenvalue weighted by Crippen LogP contribution is 2.22. The Labute approximate surface area is 119 Å². The number of hydrogen-bond donors (Lipinski definition) is 2. The molecule has 4 nitrogen and oxygen atoms in total. The van der Waals surface area contributed by atoms with Crippen LogP contribution < -0.4 is 15.4 Å². The van der Waals surface area contributed by atoms with Crippen molar-refractivity contribution in [3.8, 4) is 5.75 Å². The lowest BCUT2D eigenvalue weighted by Crippen LogP contribution is -2.31. The topological polar surface area (TPSA) is 50.4 Å². The molecule has 0 aliphatic heterocycles. The van der Waals surface area contributed by atoms with Crippen LogP contribution in [-0.2, 0) is 4.79 Å². The minimum Gasteiger partial charge on any atom is -0.495 e. The molecular weight excluding hydrogens is 260 g/mol. The van der Waals surface area contributed by atoms with E-state index in [-0.39, 0.29) is 5.91 Å². The summed E-state index contributed by atoms with van der Waals surface area (Å²) >= 11 is 1.82. The van der Waals surface area contributed by atoms with Gasteiger partial charge in [-0.05, 0) is 36.6 Å². The molecule has 0 spiro atoms. The van der Waals surface area contributed by atoms with Gasteiger partial charge in [-0.25, -0.2) is 0 Å². The predicted molar refractivity (Wildman–Crippen MR) is 82.0 cm³/mol. The lowest BCUT2D eigenvalue weighted by Gasteiger charge is -2.12. The van der Waals surface area contributed by atoms with Crippen molar-refractivity contribution in [2.75, 3.05) is 37.5 Å². The maximum Gasteiger partial charge on any atom is 0.238 e. The highest BCUT2D eigenvalue weighted by atomic mass is 32.2. The fourth-order valence-corrected chi connectivity index (χ4v) is 2.40. The van der Waals surface area contributed by atoms with Gasteiger partial charge in [0, 0.05) is 0 Å². The van der Waals surface area contributed by atoms with Gasteiger partial charge in [-0.15, -0.1) is 0 Å². The van der Waals surface area contributed by atoms with Crippen molar-refractivity contribution < 1.29 is 9.53 Å². The number of rotatable bonds is 8. The van der Waals surface area contributed by atoms with Crippen LogP contribution in [0, 0.1) is 5.92 Å². The molecule has 1 unspecified atom stereocenters. The molecule has 0 heterocycles. The fraction of sp³-hybridized carbons (Fsp3) is 0.500. The highest BCUT2D eigenvalue weighted by molar-refractivity contribution is 7.98. The van der Waals surface area contributed by atoms with Gasteiger partial charge in [-0.2, -0.15) is 11.8 Å². The molecule has 0 aromatic heterocycles. The van der Waals surface area contributed by atoms with Crippen LogP contribution in [0.4, 0.5) is 5.69 Å². The molecule has 1 amide bonds. The summed E-state index contributed by atoms with van der Waals surface area (Å²) in [5, 5.41) is 6.00. The molecule has 0 radical (unpaired) electrons. The summed E-state index contributed by atoms with van der Waals surface area (Å²) in [6, 6.07) is 7.39. The van der Waals surface area contributed by atoms with Crippen molar-refractivity contribution in [2.45, 2.75) is 6.92 Å². The standard InChI is InChI=1S/C14H22N2O2S/c1-11(10-19-3)8-15-9-14(17)16-12-6-4-5-7-13(12)18-2/h4-7,11,15H,8-10H2,1-3H3,(H,16,17). The number of carbonyl (C=O) groups excluding carboxylic acids is 1. The number of anilines is 1. The van der Waals surface area contributed by atoms with Crippen molar-refractivity contribution in [3.63, 3.8) is 0 Å². The van der Waals surface area contributed by atoms with Crippen LogP contribution in [0.25, 0.3) is 0 Å². The van der Waals surface area contributed by atoms with Crippen molar-refractivity contribution in [1.29, 1.82) is 0 Å². The number of ether oxygens (including phenoxy) is 1. The smallest absolute Gasteiger partial charge is 0.238 e. The number of benzene rings is 1. The summed E-state index contributed by atoms with van der Waals surface area (Å²) in [7, 11) is 1.59. The fourth-order valence-electron chi connectivity index (χ4n) is 1.72. The molecular formula is C14H22N2O2S. The molecule has 1 rings (SSSR count). The Morgan fingerprint density at radius 1 is 1.42 bits per heavy atom. The maximum absolute atomic E-state index is 11.8. The van der Waals surface area contributed by atoms with E-state index in [1.807, 2.05) is 36.0 Å². The predicted octanol–water partition coefficient (Wildman–Crippen LogP) is 2.22. The molecule has 0 bridgehead atoms. The van der Waals surface area contributed by atoms with E-state index >= 15 is 0 Å². The quantitative estimate of drug-likeness (QED) is 0.767. The zero-order valence-electron chi connectivity index (χ0n) is 11.7. The van der Waals surface area contributed by atoms with Crippen LogP contribution in [0.15, 0.2) is 24.3 Å². The summed E-state index contributed by atoms with van der Waals surface area (Å²) in [5.74, 6) is 2.28. The normalized spacial score (nSPS) is 11.9. The Morgan fingerprint density at radius 3 is 2.84 bits per heavy atom. The SMILES string of the molecule is COc1ccccc1NC(=O)CNCC(C)CSC. The molecule has 2 N–H and O–H groups in total. The molecule has 0 aliphatic rings. The van der Waals surface area contributed by atoms with Crippen molar-refractivity contribution in [3.05, 3.63) is 24.3 Å². The van der Waals surface area contributed by atoms with Gasteiger partial charge < -0.3 is 15.4 Å². The summed E-state index contributed by atoms with van der Waals surface area (Å²) in [6.07, 6.45) is 2.09. The number of nitrogens with one attached hydrogen (secondary N) is 2. The van der Waals surface area contributed by atoms with E-state index in [1.54, 1.807) is 7.11 Å². The first kappa shape index (κ1) is 15.9. The Morgan fingerprint density at radius 2 is 2.16 bits per heavy atom. The van der Waals surface area contributed by atoms with E-state index in [2.05, 4.69) is 23.8 Å². The zero-order chi connectivity index (χ0) is 14.1. The average Bonchev–Trinajstić information content (AvgIpc) is 2.39. The monoisotopic (exact) mass is 282 g/mol. The van der Waals surface area contributed by atoms with Crippen LogP contribution in [0.1, 0.15) is 6.92 Å². The molecule has 1 atom stereocenters. The average molecular weight is 282 g/mol. The number of para-hydroxylation sites is 2. The molecule has 0 fully saturated rings. The first-order chi connectivity index (χ1) is 9.17. The van der Waals surface area contributed by atoms with E-state index in [4.69, 9.17) is 4.74 Å². The first-order valence-electron chi connectivity index (χ1n) is 6.30. The second kappa shape index (κ2) is 8.82. The molecule has 1 aromatic carbocycles. The highest BCUT2D eigenvalue weighted by Gasteiger charge is 2.07. The van der Waals surface area contributed by atoms with Gasteiger partial charge in [-0.3, -0.25) is 4.79 Å². The summed E-state index contributed by atoms with van der Waals surface area (Å²) < 4.78 is 5.18. The summed E-state index contributed by atoms with van der Waals surface area (Å²) in [4.78, 5) is 11.8. The van der Waals surface area contributed by atoms with Gasteiger partial charge >= 0.3 is 0 Å². The minimum atomic E-state index is -0.0548. The van der Waals surface area contributed by atoms with E-state index < -0.39 is 0 Å². The Kier molecular flexibility index (Phi) is 7.36. The lowest BCUT2D eigenvalue weighted by atomic mass is 10.2. The van der Waals surface area contributed by atoms with Gasteiger partial charge in [-0.1, -0.05) is 19.1 Å². The van der Waals surface area contributed by atoms with Crippen molar-refractivity contribution in [2.24, 2.45) is 5.92 Å². The molecule has 1 aromatic rings. The van der Waals surface area contributed by atoms with E-state index in [0.29, 0.717) is 23.9 Å². The van der Waals surface area contributed by atoms with E-state index in [0.717, 1.165) is 12.3 Å². The minimum absolute atomic E-state index is 0.0548. The molecule has 0 aliphatic carbocycles. The van der Waals surface area contributed by atoms with Crippen LogP contribution in [0.3, 0.4) is 0 Å². The second-order valence-corrected chi connectivity index (χ2v) is 5.35. The lowest BCUT2D eigenvalue weighted by molar-refractivity contribution is -0.115. The first-order valence-corrected chi connectivity index (χ1v) is 7.69. The van der Waals surface area contributed by atoms with Crippen LogP contribution >= 0.6 is 11.8 Å². The zero-order valence-corrected chi connectivity index (χ0v) is 12.5. The van der Waals surface area contributed by atoms with Crippen molar-refractivity contribution in [1.82, 2.24) is 5.32 Å². The molecule has 0 saturated heterocycles. The molecule has 106 valence electrons. The maximum atomic E-state index is 11.8. The number of thioether (sulfide) groups is 1. The largest absolute Gasteiger partial charge is 0.495 e. The number of hydrogen-bond acceptors (Lipinski definition) is 4. The van der Waals surface area contributed by atoms with Gasteiger partial charge in [0.25, 0.3) is 0 Å². The third kappa shape index (κ3) is 5.98. The van der Waals surface area contributed by atoms with E-state index in [1.165, 1.54) is 0 Å². The molecule has 0 saturated carbocycles. The Bertz CT molecular complexity index is 399. The van der Waals surface area contributed by atoms with Gasteiger partial charge in [0.15, 0.2) is 0 Å². The van der Waals surface area contributed by atoms with Crippen LogP contribution in [0.2, 0.25) is 0 Å². The molecule has 19 heavy (non-hydrogen) atoms. The van der Waals surface area contributed by atoms with Gasteiger partial charge in [0.2, 0.25) is 5.91 Å².